The van der Waals surface area contributed by atoms with Gasteiger partial charge in [-0.05, 0) is 26.0 Å². The first-order chi connectivity index (χ1) is 6.18. The van der Waals surface area contributed by atoms with Gasteiger partial charge in [0.15, 0.2) is 0 Å². The first-order valence-corrected chi connectivity index (χ1v) is 4.32. The van der Waals surface area contributed by atoms with Crippen molar-refractivity contribution in [2.45, 2.75) is 18.4 Å². The molecular weight excluding hydrogens is 208 g/mol. The maximum absolute atomic E-state index is 13.3. The van der Waals surface area contributed by atoms with Gasteiger partial charge in [-0.1, -0.05) is 6.07 Å². The minimum absolute atomic E-state index is 0. The average molecular weight is 220 g/mol. The average Bonchev–Trinajstić information content (AvgIpc) is 2.85. The van der Waals surface area contributed by atoms with Gasteiger partial charge in [-0.15, -0.1) is 12.4 Å². The van der Waals surface area contributed by atoms with Crippen LogP contribution < -0.4 is 5.32 Å². The summed E-state index contributed by atoms with van der Waals surface area (Å²) in [7, 11) is 1.80. The van der Waals surface area contributed by atoms with E-state index in [2.05, 4.69) is 5.32 Å². The summed E-state index contributed by atoms with van der Waals surface area (Å²) in [6.45, 7) is 0. The molecule has 2 rings (SSSR count). The second-order valence-corrected chi connectivity index (χ2v) is 3.46. The number of hydrogen-bond donors (Lipinski definition) is 1. The molecule has 1 aromatic rings. The molecule has 14 heavy (non-hydrogen) atoms. The molecule has 1 N–H and O–H groups in total. The summed E-state index contributed by atoms with van der Waals surface area (Å²) in [6.07, 6.45) is 1.85. The number of nitrogens with one attached hydrogen (secondary N) is 1. The van der Waals surface area contributed by atoms with Crippen LogP contribution in [-0.2, 0) is 5.54 Å². The van der Waals surface area contributed by atoms with Crippen molar-refractivity contribution in [2.75, 3.05) is 7.05 Å². The van der Waals surface area contributed by atoms with Crippen molar-refractivity contribution in [3.63, 3.8) is 0 Å². The van der Waals surface area contributed by atoms with Crippen LogP contribution in [0, 0.1) is 11.6 Å². The summed E-state index contributed by atoms with van der Waals surface area (Å²) in [5.41, 5.74) is 0.356. The highest BCUT2D eigenvalue weighted by atomic mass is 35.5. The van der Waals surface area contributed by atoms with Crippen molar-refractivity contribution in [1.82, 2.24) is 5.32 Å². The van der Waals surface area contributed by atoms with Gasteiger partial charge in [0.05, 0.1) is 0 Å². The van der Waals surface area contributed by atoms with Gasteiger partial charge < -0.3 is 5.32 Å². The number of rotatable bonds is 2. The third-order valence-corrected chi connectivity index (χ3v) is 2.68. The van der Waals surface area contributed by atoms with Gasteiger partial charge >= 0.3 is 0 Å². The zero-order valence-electron chi connectivity index (χ0n) is 7.81. The number of halogens is 3. The molecule has 1 aliphatic rings. The fourth-order valence-electron chi connectivity index (χ4n) is 1.66. The van der Waals surface area contributed by atoms with E-state index in [1.165, 1.54) is 12.1 Å². The highest BCUT2D eigenvalue weighted by molar-refractivity contribution is 5.85. The van der Waals surface area contributed by atoms with E-state index in [9.17, 15) is 8.78 Å². The van der Waals surface area contributed by atoms with Gasteiger partial charge in [0.2, 0.25) is 0 Å². The smallest absolute Gasteiger partial charge is 0.131 e. The third-order valence-electron chi connectivity index (χ3n) is 2.68. The van der Waals surface area contributed by atoms with E-state index in [1.54, 1.807) is 7.05 Å². The van der Waals surface area contributed by atoms with Crippen molar-refractivity contribution < 1.29 is 8.78 Å². The van der Waals surface area contributed by atoms with Crippen LogP contribution in [0.4, 0.5) is 8.78 Å². The fraction of sp³-hybridized carbons (Fsp3) is 0.400. The Labute approximate surface area is 87.9 Å². The summed E-state index contributed by atoms with van der Waals surface area (Å²) in [6, 6.07) is 3.76. The van der Waals surface area contributed by atoms with Crippen LogP contribution in [-0.4, -0.2) is 7.05 Å². The molecule has 1 aromatic carbocycles. The van der Waals surface area contributed by atoms with Gasteiger partial charge in [-0.25, -0.2) is 8.78 Å². The summed E-state index contributed by atoms with van der Waals surface area (Å²) in [5, 5.41) is 3.07. The highest BCUT2D eigenvalue weighted by Crippen LogP contribution is 2.45. The predicted molar refractivity (Wildman–Crippen MR) is 53.6 cm³/mol. The second-order valence-electron chi connectivity index (χ2n) is 3.46. The van der Waals surface area contributed by atoms with E-state index in [-0.39, 0.29) is 17.9 Å². The lowest BCUT2D eigenvalue weighted by molar-refractivity contribution is 0.514. The van der Waals surface area contributed by atoms with E-state index in [0.29, 0.717) is 5.56 Å². The normalized spacial score (nSPS) is 17.4. The van der Waals surface area contributed by atoms with Crippen molar-refractivity contribution >= 4 is 12.4 Å². The molecule has 0 spiro atoms. The molecule has 0 amide bonds. The number of benzene rings is 1. The maximum atomic E-state index is 13.3. The molecule has 4 heteroatoms. The predicted octanol–water partition coefficient (Wildman–Crippen LogP) is 2.60. The molecule has 0 atom stereocenters. The Morgan fingerprint density at radius 2 is 1.93 bits per heavy atom. The molecule has 0 heterocycles. The van der Waals surface area contributed by atoms with Gasteiger partial charge in [-0.2, -0.15) is 0 Å². The topological polar surface area (TPSA) is 12.0 Å². The molecule has 0 saturated heterocycles. The fourth-order valence-corrected chi connectivity index (χ4v) is 1.66. The van der Waals surface area contributed by atoms with Crippen molar-refractivity contribution in [3.8, 4) is 0 Å². The van der Waals surface area contributed by atoms with E-state index in [4.69, 9.17) is 0 Å². The molecule has 1 nitrogen and oxygen atoms in total. The molecule has 1 aliphatic carbocycles. The zero-order valence-corrected chi connectivity index (χ0v) is 8.63. The van der Waals surface area contributed by atoms with E-state index in [1.807, 2.05) is 0 Å². The standard InChI is InChI=1S/C10H11F2N.ClH/c1-13-10(4-5-10)8-3-2-7(11)6-9(8)12;/h2-3,6,13H,4-5H2,1H3;1H. The molecule has 0 aliphatic heterocycles. The van der Waals surface area contributed by atoms with Crippen LogP contribution in [0.2, 0.25) is 0 Å². The molecule has 1 fully saturated rings. The van der Waals surface area contributed by atoms with Crippen LogP contribution in [0.5, 0.6) is 0 Å². The van der Waals surface area contributed by atoms with E-state index < -0.39 is 11.6 Å². The van der Waals surface area contributed by atoms with E-state index >= 15 is 0 Å². The Balaban J connectivity index is 0.000000980. The SMILES string of the molecule is CNC1(c2ccc(F)cc2F)CC1.Cl. The van der Waals surface area contributed by atoms with Crippen LogP contribution in [0.15, 0.2) is 18.2 Å². The summed E-state index contributed by atoms with van der Waals surface area (Å²) in [5.74, 6) is -0.972. The molecule has 1 saturated carbocycles. The van der Waals surface area contributed by atoms with Crippen LogP contribution in [0.3, 0.4) is 0 Å². The number of hydrogen-bond acceptors (Lipinski definition) is 1. The zero-order chi connectivity index (χ0) is 9.47. The first kappa shape index (κ1) is 11.4. The molecule has 0 radical (unpaired) electrons. The van der Waals surface area contributed by atoms with Gasteiger partial charge in [-0.3, -0.25) is 0 Å². The molecule has 0 aromatic heterocycles. The summed E-state index contributed by atoms with van der Waals surface area (Å²) >= 11 is 0. The van der Waals surface area contributed by atoms with Gasteiger partial charge in [0.1, 0.15) is 11.6 Å². The maximum Gasteiger partial charge on any atom is 0.131 e. The second kappa shape index (κ2) is 3.83. The Kier molecular flexibility index (Phi) is 3.12. The molecule has 0 unspecified atom stereocenters. The molecular formula is C10H12ClF2N. The van der Waals surface area contributed by atoms with Crippen molar-refractivity contribution in [3.05, 3.63) is 35.4 Å². The minimum atomic E-state index is -0.520. The summed E-state index contributed by atoms with van der Waals surface area (Å²) < 4.78 is 25.9. The Bertz CT molecular complexity index is 337. The summed E-state index contributed by atoms with van der Waals surface area (Å²) in [4.78, 5) is 0. The third kappa shape index (κ3) is 1.74. The monoisotopic (exact) mass is 219 g/mol. The quantitative estimate of drug-likeness (QED) is 0.806. The lowest BCUT2D eigenvalue weighted by Gasteiger charge is -2.14. The van der Waals surface area contributed by atoms with Gasteiger partial charge in [0.25, 0.3) is 0 Å². The Morgan fingerprint density at radius 3 is 2.36 bits per heavy atom. The highest BCUT2D eigenvalue weighted by Gasteiger charge is 2.44. The Morgan fingerprint density at radius 1 is 1.29 bits per heavy atom. The van der Waals surface area contributed by atoms with Gasteiger partial charge in [0, 0.05) is 17.2 Å². The molecule has 78 valence electrons. The Hall–Kier alpha value is -0.670. The lowest BCUT2D eigenvalue weighted by Crippen LogP contribution is -2.25. The van der Waals surface area contributed by atoms with Crippen LogP contribution in [0.1, 0.15) is 18.4 Å². The van der Waals surface area contributed by atoms with Crippen molar-refractivity contribution in [2.24, 2.45) is 0 Å². The minimum Gasteiger partial charge on any atom is -0.310 e. The lowest BCUT2D eigenvalue weighted by atomic mass is 10.0. The van der Waals surface area contributed by atoms with Crippen molar-refractivity contribution in [1.29, 1.82) is 0 Å². The van der Waals surface area contributed by atoms with Crippen LogP contribution in [0.25, 0.3) is 0 Å². The molecule has 0 bridgehead atoms. The first-order valence-electron chi connectivity index (χ1n) is 4.32. The van der Waals surface area contributed by atoms with E-state index in [0.717, 1.165) is 18.9 Å². The van der Waals surface area contributed by atoms with Crippen LogP contribution >= 0.6 is 12.4 Å². The largest absolute Gasteiger partial charge is 0.310 e.